The van der Waals surface area contributed by atoms with Gasteiger partial charge in [-0.3, -0.25) is 9.80 Å². The van der Waals surface area contributed by atoms with Crippen molar-refractivity contribution < 1.29 is 28.6 Å². The number of carbonyl (C=O) groups is 3. The minimum Gasteiger partial charge on any atom is -0.461 e. The second-order valence-electron chi connectivity index (χ2n) is 15.1. The van der Waals surface area contributed by atoms with Crippen LogP contribution >= 0.6 is 0 Å². The molecule has 0 saturated carbocycles. The molecular weight excluding hydrogens is 648 g/mol. The lowest BCUT2D eigenvalue weighted by molar-refractivity contribution is 0.0208. The van der Waals surface area contributed by atoms with E-state index in [1.54, 1.807) is 16.7 Å². The Balaban J connectivity index is 1.19. The first-order chi connectivity index (χ1) is 24.2. The van der Waals surface area contributed by atoms with Crippen molar-refractivity contribution in [3.8, 4) is 33.6 Å². The molecule has 2 atom stereocenters. The Labute approximate surface area is 298 Å². The largest absolute Gasteiger partial charge is 0.461 e. The quantitative estimate of drug-likeness (QED) is 0.145. The van der Waals surface area contributed by atoms with Gasteiger partial charge in [0.25, 0.3) is 0 Å². The number of esters is 1. The van der Waals surface area contributed by atoms with E-state index >= 15 is 0 Å². The molecule has 12 heteroatoms. The molecule has 0 aliphatic carbocycles. The van der Waals surface area contributed by atoms with Crippen LogP contribution in [-0.4, -0.2) is 78.8 Å². The standard InChI is InChI=1S/C39H48N6O6/c1-8-49-35(46)32-31(42-34(43-32)30-12-10-22-45(30)37(48)51-39(5,6)7)27-19-15-25(16-20-27)24-13-17-26(18-14-24)28-23-40-33(41-28)29-11-9-21-44(29)36(47)50-38(2,3)4/h13-20,23,29-30H,8-12,21-22H2,1-7H3,(H,40,41)(H,42,43)/t29-,30-/m0/s1. The zero-order valence-corrected chi connectivity index (χ0v) is 30.5. The first-order valence-corrected chi connectivity index (χ1v) is 17.7. The smallest absolute Gasteiger partial charge is 0.410 e. The summed E-state index contributed by atoms with van der Waals surface area (Å²) in [5.74, 6) is 0.783. The van der Waals surface area contributed by atoms with Crippen molar-refractivity contribution in [2.24, 2.45) is 0 Å². The molecular formula is C39H48N6O6. The molecule has 4 heterocycles. The van der Waals surface area contributed by atoms with E-state index in [9.17, 15) is 14.4 Å². The van der Waals surface area contributed by atoms with Gasteiger partial charge in [0.05, 0.1) is 30.6 Å². The molecule has 0 bridgehead atoms. The molecule has 12 nitrogen and oxygen atoms in total. The first-order valence-electron chi connectivity index (χ1n) is 17.7. The molecule has 2 saturated heterocycles. The van der Waals surface area contributed by atoms with Crippen LogP contribution in [0.5, 0.6) is 0 Å². The average Bonchev–Trinajstić information content (AvgIpc) is 3.89. The Morgan fingerprint density at radius 1 is 0.725 bits per heavy atom. The number of H-pyrrole nitrogens is 2. The van der Waals surface area contributed by atoms with Crippen molar-refractivity contribution in [1.29, 1.82) is 0 Å². The number of likely N-dealkylation sites (tertiary alicyclic amines) is 2. The van der Waals surface area contributed by atoms with Crippen LogP contribution in [-0.2, 0) is 14.2 Å². The number of nitrogens with one attached hydrogen (secondary N) is 2. The van der Waals surface area contributed by atoms with E-state index in [2.05, 4.69) is 27.1 Å². The minimum absolute atomic E-state index is 0.150. The van der Waals surface area contributed by atoms with Crippen LogP contribution in [0.1, 0.15) is 108 Å². The summed E-state index contributed by atoms with van der Waals surface area (Å²) in [6.07, 6.45) is 4.32. The molecule has 2 fully saturated rings. The molecule has 2 aliphatic heterocycles. The average molecular weight is 697 g/mol. The van der Waals surface area contributed by atoms with Gasteiger partial charge in [-0.05, 0) is 90.8 Å². The van der Waals surface area contributed by atoms with E-state index < -0.39 is 23.3 Å². The number of hydrogen-bond donors (Lipinski definition) is 2. The molecule has 4 aromatic rings. The summed E-state index contributed by atoms with van der Waals surface area (Å²) < 4.78 is 16.6. The molecule has 0 spiro atoms. The van der Waals surface area contributed by atoms with Gasteiger partial charge in [-0.1, -0.05) is 48.5 Å². The highest BCUT2D eigenvalue weighted by molar-refractivity contribution is 5.94. The van der Waals surface area contributed by atoms with Gasteiger partial charge in [0.2, 0.25) is 0 Å². The predicted molar refractivity (Wildman–Crippen MR) is 193 cm³/mol. The maximum absolute atomic E-state index is 13.1. The van der Waals surface area contributed by atoms with Crippen LogP contribution in [0.3, 0.4) is 0 Å². The zero-order valence-electron chi connectivity index (χ0n) is 30.5. The maximum atomic E-state index is 13.1. The van der Waals surface area contributed by atoms with Crippen LogP contribution in [0.2, 0.25) is 0 Å². The van der Waals surface area contributed by atoms with E-state index in [0.717, 1.165) is 53.0 Å². The van der Waals surface area contributed by atoms with E-state index in [1.807, 2.05) is 84.1 Å². The fourth-order valence-electron chi connectivity index (χ4n) is 6.60. The predicted octanol–water partition coefficient (Wildman–Crippen LogP) is 8.45. The van der Waals surface area contributed by atoms with Crippen molar-refractivity contribution in [2.75, 3.05) is 19.7 Å². The van der Waals surface area contributed by atoms with Crippen molar-refractivity contribution in [3.05, 3.63) is 72.1 Å². The van der Waals surface area contributed by atoms with Crippen LogP contribution in [0.15, 0.2) is 54.7 Å². The molecule has 51 heavy (non-hydrogen) atoms. The topological polar surface area (TPSA) is 143 Å². The number of benzene rings is 2. The Bertz CT molecular complexity index is 1870. The van der Waals surface area contributed by atoms with Crippen LogP contribution < -0.4 is 0 Å². The monoisotopic (exact) mass is 696 g/mol. The molecule has 0 unspecified atom stereocenters. The van der Waals surface area contributed by atoms with Crippen LogP contribution in [0.4, 0.5) is 9.59 Å². The van der Waals surface area contributed by atoms with Gasteiger partial charge in [0, 0.05) is 18.7 Å². The molecule has 0 radical (unpaired) electrons. The van der Waals surface area contributed by atoms with Gasteiger partial charge in [-0.2, -0.15) is 0 Å². The van der Waals surface area contributed by atoms with Gasteiger partial charge < -0.3 is 24.2 Å². The van der Waals surface area contributed by atoms with Crippen LogP contribution in [0, 0.1) is 0 Å². The lowest BCUT2D eigenvalue weighted by Crippen LogP contribution is -2.36. The van der Waals surface area contributed by atoms with Gasteiger partial charge in [0.15, 0.2) is 5.69 Å². The fraction of sp³-hybridized carbons (Fsp3) is 0.462. The van der Waals surface area contributed by atoms with Crippen molar-refractivity contribution in [2.45, 2.75) is 97.4 Å². The van der Waals surface area contributed by atoms with Gasteiger partial charge in [0.1, 0.15) is 28.5 Å². The SMILES string of the molecule is CCOC(=O)c1[nH]c([C@@H]2CCCN2C(=O)OC(C)(C)C)nc1-c1ccc(-c2ccc(-c3cnc([C@@H]4CCCN4C(=O)OC(C)(C)C)[nH]3)cc2)cc1. The van der Waals surface area contributed by atoms with Gasteiger partial charge >= 0.3 is 18.2 Å². The fourth-order valence-corrected chi connectivity index (χ4v) is 6.60. The van der Waals surface area contributed by atoms with E-state index in [1.165, 1.54) is 0 Å². The lowest BCUT2D eigenvalue weighted by Gasteiger charge is -2.27. The van der Waals surface area contributed by atoms with Gasteiger partial charge in [-0.15, -0.1) is 0 Å². The normalized spacial score (nSPS) is 17.9. The molecule has 2 N–H and O–H groups in total. The molecule has 2 aromatic carbocycles. The third-order valence-corrected chi connectivity index (χ3v) is 8.88. The Kier molecular flexibility index (Phi) is 9.97. The number of aromatic nitrogens is 4. The number of nitrogens with zero attached hydrogens (tertiary/aromatic N) is 4. The number of amides is 2. The summed E-state index contributed by atoms with van der Waals surface area (Å²) in [5.41, 5.74) is 4.16. The Morgan fingerprint density at radius 2 is 1.22 bits per heavy atom. The van der Waals surface area contributed by atoms with Crippen LogP contribution in [0.25, 0.3) is 33.6 Å². The van der Waals surface area contributed by atoms with E-state index in [4.69, 9.17) is 19.2 Å². The third kappa shape index (κ3) is 8.10. The second kappa shape index (κ2) is 14.2. The lowest BCUT2D eigenvalue weighted by atomic mass is 10.0. The summed E-state index contributed by atoms with van der Waals surface area (Å²) in [6.45, 7) is 14.3. The van der Waals surface area contributed by atoms with Gasteiger partial charge in [-0.25, -0.2) is 24.4 Å². The second-order valence-corrected chi connectivity index (χ2v) is 15.1. The summed E-state index contributed by atoms with van der Waals surface area (Å²) >= 11 is 0. The molecule has 2 amide bonds. The summed E-state index contributed by atoms with van der Waals surface area (Å²) in [4.78, 5) is 58.4. The number of rotatable bonds is 7. The molecule has 6 rings (SSSR count). The number of aromatic amines is 2. The highest BCUT2D eigenvalue weighted by atomic mass is 16.6. The van der Waals surface area contributed by atoms with E-state index in [-0.39, 0.29) is 30.5 Å². The molecule has 2 aromatic heterocycles. The number of imidazole rings is 2. The minimum atomic E-state index is -0.624. The highest BCUT2D eigenvalue weighted by Crippen LogP contribution is 2.36. The number of carbonyl (C=O) groups excluding carboxylic acids is 3. The third-order valence-electron chi connectivity index (χ3n) is 8.88. The van der Waals surface area contributed by atoms with E-state index in [0.29, 0.717) is 31.0 Å². The van der Waals surface area contributed by atoms with Crippen molar-refractivity contribution in [3.63, 3.8) is 0 Å². The zero-order chi connectivity index (χ0) is 36.5. The molecule has 2 aliphatic rings. The Morgan fingerprint density at radius 3 is 1.73 bits per heavy atom. The summed E-state index contributed by atoms with van der Waals surface area (Å²) in [6, 6.07) is 15.6. The molecule has 270 valence electrons. The number of ether oxygens (including phenoxy) is 3. The van der Waals surface area contributed by atoms with Crippen molar-refractivity contribution >= 4 is 18.2 Å². The summed E-state index contributed by atoms with van der Waals surface area (Å²) in [7, 11) is 0. The first kappa shape index (κ1) is 35.7. The highest BCUT2D eigenvalue weighted by Gasteiger charge is 2.37. The number of hydrogen-bond acceptors (Lipinski definition) is 8. The Hall–Kier alpha value is -5.13. The summed E-state index contributed by atoms with van der Waals surface area (Å²) in [5, 5.41) is 0. The maximum Gasteiger partial charge on any atom is 0.410 e. The van der Waals surface area contributed by atoms with Crippen molar-refractivity contribution in [1.82, 2.24) is 29.7 Å².